The molecular formula is C13H20O6. The van der Waals surface area contributed by atoms with E-state index in [1.165, 1.54) is 27.7 Å². The van der Waals surface area contributed by atoms with E-state index in [4.69, 9.17) is 0 Å². The van der Waals surface area contributed by atoms with E-state index >= 15 is 0 Å². The number of ketones is 4. The summed E-state index contributed by atoms with van der Waals surface area (Å²) in [6, 6.07) is 0. The standard InChI is InChI=1S/C13H20O6/c1-7(14)5-9(16)11(18)13(3,4)12(19)10(17)6-8(2)15/h11-12,18-19H,5-6H2,1-4H3. The summed E-state index contributed by atoms with van der Waals surface area (Å²) in [5, 5.41) is 19.7. The van der Waals surface area contributed by atoms with Gasteiger partial charge in [-0.05, 0) is 13.8 Å². The highest BCUT2D eigenvalue weighted by atomic mass is 16.3. The lowest BCUT2D eigenvalue weighted by Gasteiger charge is -2.33. The number of aliphatic hydroxyl groups is 2. The van der Waals surface area contributed by atoms with E-state index in [1.54, 1.807) is 0 Å². The highest BCUT2D eigenvalue weighted by Gasteiger charge is 2.42. The molecule has 0 heterocycles. The molecule has 0 radical (unpaired) electrons. The fourth-order valence-corrected chi connectivity index (χ4v) is 1.66. The summed E-state index contributed by atoms with van der Waals surface area (Å²) in [6.07, 6.45) is -4.22. The highest BCUT2D eigenvalue weighted by molar-refractivity contribution is 6.02. The zero-order chi connectivity index (χ0) is 15.4. The third kappa shape index (κ3) is 5.00. The Balaban J connectivity index is 4.93. The predicted molar refractivity (Wildman–Crippen MR) is 66.4 cm³/mol. The summed E-state index contributed by atoms with van der Waals surface area (Å²) in [5.74, 6) is -2.34. The molecule has 0 aromatic rings. The van der Waals surface area contributed by atoms with Gasteiger partial charge in [-0.25, -0.2) is 0 Å². The Morgan fingerprint density at radius 2 is 1.11 bits per heavy atom. The van der Waals surface area contributed by atoms with E-state index in [0.29, 0.717) is 0 Å². The van der Waals surface area contributed by atoms with Gasteiger partial charge in [-0.3, -0.25) is 19.2 Å². The normalized spacial score (nSPS) is 14.6. The summed E-state index contributed by atoms with van der Waals surface area (Å²) in [4.78, 5) is 44.8. The third-order valence-electron chi connectivity index (χ3n) is 2.87. The largest absolute Gasteiger partial charge is 0.385 e. The van der Waals surface area contributed by atoms with Crippen LogP contribution in [0.4, 0.5) is 0 Å². The van der Waals surface area contributed by atoms with Crippen LogP contribution in [0.1, 0.15) is 40.5 Å². The van der Waals surface area contributed by atoms with Gasteiger partial charge < -0.3 is 10.2 Å². The quantitative estimate of drug-likeness (QED) is 0.594. The van der Waals surface area contributed by atoms with E-state index in [1.807, 2.05) is 0 Å². The summed E-state index contributed by atoms with van der Waals surface area (Å²) >= 11 is 0. The van der Waals surface area contributed by atoms with Crippen LogP contribution in [0.3, 0.4) is 0 Å². The minimum absolute atomic E-state index is 0.413. The van der Waals surface area contributed by atoms with Crippen LogP contribution < -0.4 is 0 Å². The molecule has 2 atom stereocenters. The van der Waals surface area contributed by atoms with E-state index in [-0.39, 0.29) is 0 Å². The summed E-state index contributed by atoms with van der Waals surface area (Å²) in [6.45, 7) is 5.07. The van der Waals surface area contributed by atoms with Gasteiger partial charge in [0, 0.05) is 5.41 Å². The molecule has 6 nitrogen and oxygen atoms in total. The molecule has 2 unspecified atom stereocenters. The van der Waals surface area contributed by atoms with Crippen molar-refractivity contribution in [3.8, 4) is 0 Å². The molecular weight excluding hydrogens is 252 g/mol. The van der Waals surface area contributed by atoms with Crippen molar-refractivity contribution in [1.82, 2.24) is 0 Å². The lowest BCUT2D eigenvalue weighted by atomic mass is 9.76. The molecule has 2 N–H and O–H groups in total. The van der Waals surface area contributed by atoms with Crippen LogP contribution in [0.25, 0.3) is 0 Å². The van der Waals surface area contributed by atoms with Gasteiger partial charge in [0.25, 0.3) is 0 Å². The van der Waals surface area contributed by atoms with Crippen LogP contribution in [0, 0.1) is 5.41 Å². The van der Waals surface area contributed by atoms with Crippen LogP contribution in [0.15, 0.2) is 0 Å². The van der Waals surface area contributed by atoms with E-state index in [2.05, 4.69) is 0 Å². The lowest BCUT2D eigenvalue weighted by Crippen LogP contribution is -2.49. The molecule has 0 fully saturated rings. The molecule has 0 spiro atoms. The number of carbonyl (C=O) groups excluding carboxylic acids is 4. The Morgan fingerprint density at radius 1 is 0.842 bits per heavy atom. The molecule has 0 rings (SSSR count). The predicted octanol–water partition coefficient (Wildman–Crippen LogP) is -0.169. The van der Waals surface area contributed by atoms with Gasteiger partial charge in [-0.1, -0.05) is 13.8 Å². The zero-order valence-electron chi connectivity index (χ0n) is 11.6. The minimum atomic E-state index is -1.65. The third-order valence-corrected chi connectivity index (χ3v) is 2.87. The maximum absolute atomic E-state index is 11.6. The van der Waals surface area contributed by atoms with Gasteiger partial charge >= 0.3 is 0 Å². The smallest absolute Gasteiger partial charge is 0.169 e. The van der Waals surface area contributed by atoms with Crippen molar-refractivity contribution in [2.75, 3.05) is 0 Å². The highest BCUT2D eigenvalue weighted by Crippen LogP contribution is 2.28. The molecule has 0 saturated heterocycles. The van der Waals surface area contributed by atoms with Crippen molar-refractivity contribution in [3.05, 3.63) is 0 Å². The van der Waals surface area contributed by atoms with Crippen molar-refractivity contribution in [1.29, 1.82) is 0 Å². The van der Waals surface area contributed by atoms with Crippen LogP contribution in [-0.4, -0.2) is 45.6 Å². The molecule has 0 aromatic carbocycles. The molecule has 0 aliphatic carbocycles. The van der Waals surface area contributed by atoms with E-state index in [0.717, 1.165) is 0 Å². The Kier molecular flexibility index (Phi) is 6.18. The zero-order valence-corrected chi connectivity index (χ0v) is 11.6. The van der Waals surface area contributed by atoms with Crippen LogP contribution in [0.2, 0.25) is 0 Å². The van der Waals surface area contributed by atoms with Gasteiger partial charge in [-0.15, -0.1) is 0 Å². The van der Waals surface area contributed by atoms with Gasteiger partial charge in [0.2, 0.25) is 0 Å². The molecule has 0 aromatic heterocycles. The van der Waals surface area contributed by atoms with Gasteiger partial charge in [-0.2, -0.15) is 0 Å². The molecule has 0 amide bonds. The van der Waals surface area contributed by atoms with Gasteiger partial charge in [0.1, 0.15) is 23.8 Å². The first kappa shape index (κ1) is 17.6. The number of aliphatic hydroxyl groups excluding tert-OH is 2. The fourth-order valence-electron chi connectivity index (χ4n) is 1.66. The van der Waals surface area contributed by atoms with E-state index in [9.17, 15) is 29.4 Å². The molecule has 0 aliphatic heterocycles. The lowest BCUT2D eigenvalue weighted by molar-refractivity contribution is -0.148. The van der Waals surface area contributed by atoms with Crippen molar-refractivity contribution < 1.29 is 29.4 Å². The second-order valence-electron chi connectivity index (χ2n) is 5.32. The monoisotopic (exact) mass is 272 g/mol. The Hall–Kier alpha value is -1.40. The fraction of sp³-hybridized carbons (Fsp3) is 0.692. The van der Waals surface area contributed by atoms with Crippen LogP contribution >= 0.6 is 0 Å². The molecule has 108 valence electrons. The summed E-state index contributed by atoms with van der Waals surface area (Å²) in [7, 11) is 0. The maximum atomic E-state index is 11.6. The number of carbonyl (C=O) groups is 4. The second-order valence-corrected chi connectivity index (χ2v) is 5.32. The van der Waals surface area contributed by atoms with Crippen LogP contribution in [0.5, 0.6) is 0 Å². The number of rotatable bonds is 8. The second kappa shape index (κ2) is 6.68. The number of Topliss-reactive ketones (excluding diaryl/α,β-unsaturated/α-hetero) is 4. The maximum Gasteiger partial charge on any atom is 0.169 e. The molecule has 19 heavy (non-hydrogen) atoms. The van der Waals surface area contributed by atoms with Crippen LogP contribution in [-0.2, 0) is 19.2 Å². The van der Waals surface area contributed by atoms with Gasteiger partial charge in [0.05, 0.1) is 12.8 Å². The Bertz CT molecular complexity index is 360. The van der Waals surface area contributed by atoms with Crippen molar-refractivity contribution in [3.63, 3.8) is 0 Å². The van der Waals surface area contributed by atoms with Crippen molar-refractivity contribution in [2.45, 2.75) is 52.7 Å². The number of hydrogen-bond acceptors (Lipinski definition) is 6. The van der Waals surface area contributed by atoms with Crippen molar-refractivity contribution in [2.24, 2.45) is 5.41 Å². The average molecular weight is 272 g/mol. The molecule has 0 saturated carbocycles. The van der Waals surface area contributed by atoms with Gasteiger partial charge in [0.15, 0.2) is 11.6 Å². The average Bonchev–Trinajstić information content (AvgIpc) is 2.24. The van der Waals surface area contributed by atoms with E-state index < -0.39 is 53.6 Å². The first-order chi connectivity index (χ1) is 8.50. The Morgan fingerprint density at radius 3 is 1.32 bits per heavy atom. The molecule has 0 aliphatic rings. The molecule has 6 heteroatoms. The summed E-state index contributed by atoms with van der Waals surface area (Å²) in [5.41, 5.74) is -1.46. The molecule has 0 bridgehead atoms. The topological polar surface area (TPSA) is 109 Å². The number of hydrogen-bond donors (Lipinski definition) is 2. The first-order valence-corrected chi connectivity index (χ1v) is 5.90. The Labute approximate surface area is 111 Å². The summed E-state index contributed by atoms with van der Waals surface area (Å²) < 4.78 is 0. The minimum Gasteiger partial charge on any atom is -0.385 e. The SMILES string of the molecule is CC(=O)CC(=O)C(O)C(C)(C)C(O)C(=O)CC(C)=O. The first-order valence-electron chi connectivity index (χ1n) is 5.90. The van der Waals surface area contributed by atoms with Crippen molar-refractivity contribution >= 4 is 23.1 Å².